The fourth-order valence-electron chi connectivity index (χ4n) is 3.32. The lowest BCUT2D eigenvalue weighted by molar-refractivity contribution is 0.103. The smallest absolute Gasteiger partial charge is 0.220 e. The molecule has 1 heterocycles. The van der Waals surface area contributed by atoms with Gasteiger partial charge in [-0.15, -0.1) is 0 Å². The van der Waals surface area contributed by atoms with E-state index in [1.54, 1.807) is 6.92 Å². The molecular weight excluding hydrogens is 376 g/mol. The van der Waals surface area contributed by atoms with Crippen LogP contribution in [0.2, 0.25) is 0 Å². The Morgan fingerprint density at radius 2 is 1.86 bits per heavy atom. The number of benzene rings is 2. The van der Waals surface area contributed by atoms with Crippen molar-refractivity contribution in [2.75, 3.05) is 6.26 Å². The van der Waals surface area contributed by atoms with E-state index in [-0.39, 0.29) is 16.3 Å². The van der Waals surface area contributed by atoms with Crippen molar-refractivity contribution in [2.45, 2.75) is 32.2 Å². The molecule has 0 fully saturated rings. The second kappa shape index (κ2) is 7.24. The molecule has 3 rings (SSSR count). The third-order valence-corrected chi connectivity index (χ3v) is 5.87. The summed E-state index contributed by atoms with van der Waals surface area (Å²) in [5.41, 5.74) is 3.17. The van der Waals surface area contributed by atoms with E-state index in [1.165, 1.54) is 23.0 Å². The molecule has 28 heavy (non-hydrogen) atoms. The van der Waals surface area contributed by atoms with Crippen LogP contribution < -0.4 is 0 Å². The minimum Gasteiger partial charge on any atom is -0.493 e. The van der Waals surface area contributed by atoms with E-state index in [0.29, 0.717) is 23.2 Å². The van der Waals surface area contributed by atoms with Gasteiger partial charge in [0.25, 0.3) is 0 Å². The average molecular weight is 398 g/mol. The highest BCUT2D eigenvalue weighted by atomic mass is 32.2. The number of hydrogen-bond donors (Lipinski definition) is 1. The fourth-order valence-corrected chi connectivity index (χ4v) is 4.27. The van der Waals surface area contributed by atoms with Crippen LogP contribution in [0.3, 0.4) is 0 Å². The van der Waals surface area contributed by atoms with E-state index < -0.39 is 15.6 Å². The lowest BCUT2D eigenvalue weighted by Crippen LogP contribution is -2.09. The van der Waals surface area contributed by atoms with Crippen LogP contribution in [0.5, 0.6) is 5.88 Å². The van der Waals surface area contributed by atoms with Crippen LogP contribution in [0, 0.1) is 13.8 Å². The summed E-state index contributed by atoms with van der Waals surface area (Å²) in [7, 11) is -3.51. The molecule has 0 saturated heterocycles. The summed E-state index contributed by atoms with van der Waals surface area (Å²) in [5, 5.41) is 14.3. The number of hydrogen-bond acceptors (Lipinski definition) is 5. The highest BCUT2D eigenvalue weighted by molar-refractivity contribution is 7.90. The molecule has 0 unspecified atom stereocenters. The van der Waals surface area contributed by atoms with Gasteiger partial charge >= 0.3 is 0 Å². The lowest BCUT2D eigenvalue weighted by atomic mass is 9.92. The van der Waals surface area contributed by atoms with Crippen LogP contribution in [0.4, 0.5) is 0 Å². The average Bonchev–Trinajstić information content (AvgIpc) is 3.00. The molecule has 1 aromatic heterocycles. The minimum absolute atomic E-state index is 0.0900. The molecule has 0 spiro atoms. The van der Waals surface area contributed by atoms with Gasteiger partial charge in [-0.25, -0.2) is 13.1 Å². The normalized spacial score (nSPS) is 11.6. The van der Waals surface area contributed by atoms with Gasteiger partial charge in [0.2, 0.25) is 5.88 Å². The molecule has 0 amide bonds. The van der Waals surface area contributed by atoms with Gasteiger partial charge in [-0.3, -0.25) is 4.79 Å². The predicted molar refractivity (Wildman–Crippen MR) is 107 cm³/mol. The molecule has 146 valence electrons. The summed E-state index contributed by atoms with van der Waals surface area (Å²) >= 11 is 0. The number of aryl methyl sites for hydroxylation is 2. The maximum absolute atomic E-state index is 13.1. The molecule has 0 atom stereocenters. The van der Waals surface area contributed by atoms with Crippen LogP contribution in [0.15, 0.2) is 47.5 Å². The quantitative estimate of drug-likeness (QED) is 0.664. The maximum atomic E-state index is 13.1. The maximum Gasteiger partial charge on any atom is 0.220 e. The monoisotopic (exact) mass is 398 g/mol. The number of aromatic hydroxyl groups is 1. The number of sulfone groups is 1. The van der Waals surface area contributed by atoms with E-state index in [2.05, 4.69) is 5.10 Å². The van der Waals surface area contributed by atoms with Crippen LogP contribution in [-0.2, 0) is 16.4 Å². The first-order chi connectivity index (χ1) is 13.1. The summed E-state index contributed by atoms with van der Waals surface area (Å²) in [6.45, 7) is 5.88. The molecule has 0 bridgehead atoms. The predicted octanol–water partition coefficient (Wildman–Crippen LogP) is 3.53. The molecule has 0 aliphatic rings. The molecule has 1 N–H and O–H groups in total. The summed E-state index contributed by atoms with van der Waals surface area (Å²) in [4.78, 5) is 13.2. The lowest BCUT2D eigenvalue weighted by Gasteiger charge is -2.16. The van der Waals surface area contributed by atoms with Crippen molar-refractivity contribution in [1.29, 1.82) is 0 Å². The Kier molecular flexibility index (Phi) is 5.12. The number of rotatable bonds is 5. The number of carbonyl (C=O) groups excluding carboxylic acids is 1. The van der Waals surface area contributed by atoms with Gasteiger partial charge in [-0.1, -0.05) is 29.8 Å². The first-order valence-corrected chi connectivity index (χ1v) is 10.7. The number of carbonyl (C=O) groups is 1. The SMILES string of the molecule is CCn1ncc(C(=O)c2ccc(S(C)(=O)=O)c(-c3cccc(C)c3)c2C)c1O. The second-order valence-electron chi connectivity index (χ2n) is 6.78. The van der Waals surface area contributed by atoms with E-state index >= 15 is 0 Å². The topological polar surface area (TPSA) is 89.3 Å². The molecule has 0 radical (unpaired) electrons. The Bertz CT molecular complexity index is 1180. The van der Waals surface area contributed by atoms with Gasteiger partial charge in [-0.05, 0) is 44.0 Å². The van der Waals surface area contributed by atoms with Crippen LogP contribution in [0.1, 0.15) is 34.0 Å². The van der Waals surface area contributed by atoms with Crippen molar-refractivity contribution in [3.8, 4) is 17.0 Å². The summed E-state index contributed by atoms with van der Waals surface area (Å²) < 4.78 is 26.1. The fraction of sp³-hybridized carbons (Fsp3) is 0.238. The van der Waals surface area contributed by atoms with Crippen molar-refractivity contribution >= 4 is 15.6 Å². The number of ketones is 1. The number of nitrogens with zero attached hydrogens (tertiary/aromatic N) is 2. The van der Waals surface area contributed by atoms with Crippen LogP contribution in [0.25, 0.3) is 11.1 Å². The Hall–Kier alpha value is -2.93. The van der Waals surface area contributed by atoms with Gasteiger partial charge in [0.15, 0.2) is 15.6 Å². The van der Waals surface area contributed by atoms with Crippen molar-refractivity contribution in [3.63, 3.8) is 0 Å². The third-order valence-electron chi connectivity index (χ3n) is 4.73. The Labute approximate surface area is 164 Å². The van der Waals surface area contributed by atoms with E-state index in [9.17, 15) is 18.3 Å². The van der Waals surface area contributed by atoms with Crippen molar-refractivity contribution < 1.29 is 18.3 Å². The highest BCUT2D eigenvalue weighted by Crippen LogP contribution is 2.34. The van der Waals surface area contributed by atoms with E-state index in [1.807, 2.05) is 38.1 Å². The van der Waals surface area contributed by atoms with Gasteiger partial charge in [0, 0.05) is 23.9 Å². The van der Waals surface area contributed by atoms with Gasteiger partial charge < -0.3 is 5.11 Å². The largest absolute Gasteiger partial charge is 0.493 e. The Balaban J connectivity index is 2.26. The first kappa shape index (κ1) is 19.8. The zero-order valence-electron chi connectivity index (χ0n) is 16.2. The Morgan fingerprint density at radius 1 is 1.14 bits per heavy atom. The van der Waals surface area contributed by atoms with Gasteiger partial charge in [0.1, 0.15) is 5.56 Å². The zero-order valence-corrected chi connectivity index (χ0v) is 17.0. The molecule has 3 aromatic rings. The second-order valence-corrected chi connectivity index (χ2v) is 8.76. The molecule has 0 saturated carbocycles. The summed E-state index contributed by atoms with van der Waals surface area (Å²) in [5.74, 6) is -0.597. The molecular formula is C21H22N2O4S. The molecule has 6 nitrogen and oxygen atoms in total. The third kappa shape index (κ3) is 3.45. The molecule has 0 aliphatic carbocycles. The molecule has 0 aliphatic heterocycles. The van der Waals surface area contributed by atoms with E-state index in [0.717, 1.165) is 17.4 Å². The summed E-state index contributed by atoms with van der Waals surface area (Å²) in [6, 6.07) is 10.4. The first-order valence-electron chi connectivity index (χ1n) is 8.85. The summed E-state index contributed by atoms with van der Waals surface area (Å²) in [6.07, 6.45) is 2.48. The van der Waals surface area contributed by atoms with E-state index in [4.69, 9.17) is 0 Å². The van der Waals surface area contributed by atoms with Crippen LogP contribution >= 0.6 is 0 Å². The van der Waals surface area contributed by atoms with Crippen molar-refractivity contribution in [1.82, 2.24) is 9.78 Å². The molecule has 2 aromatic carbocycles. The standard InChI is InChI=1S/C21H22N2O4S/c1-5-23-21(25)17(12-22-23)20(24)16-9-10-18(28(4,26)27)19(14(16)3)15-8-6-7-13(2)11-15/h6-12,25H,5H2,1-4H3. The van der Waals surface area contributed by atoms with Crippen molar-refractivity contribution in [3.05, 3.63) is 64.8 Å². The zero-order chi connectivity index (χ0) is 20.6. The highest BCUT2D eigenvalue weighted by Gasteiger charge is 2.25. The van der Waals surface area contributed by atoms with Crippen LogP contribution in [-0.4, -0.2) is 35.3 Å². The number of aromatic nitrogens is 2. The molecule has 7 heteroatoms. The minimum atomic E-state index is -3.51. The van der Waals surface area contributed by atoms with Gasteiger partial charge in [0.05, 0.1) is 11.1 Å². The van der Waals surface area contributed by atoms with Gasteiger partial charge in [-0.2, -0.15) is 5.10 Å². The van der Waals surface area contributed by atoms with Crippen molar-refractivity contribution in [2.24, 2.45) is 0 Å². The Morgan fingerprint density at radius 3 is 2.43 bits per heavy atom.